The van der Waals surface area contributed by atoms with Gasteiger partial charge in [0.25, 0.3) is 0 Å². The number of nitrogens with zero attached hydrogens (tertiary/aromatic N) is 1. The summed E-state index contributed by atoms with van der Waals surface area (Å²) in [4.78, 5) is 24.6. The summed E-state index contributed by atoms with van der Waals surface area (Å²) < 4.78 is 0. The van der Waals surface area contributed by atoms with Crippen LogP contribution in [-0.2, 0) is 0 Å². The average Bonchev–Trinajstić information content (AvgIpc) is 2.77. The fraction of sp³-hybridized carbons (Fsp3) is 0.385. The maximum Gasteiger partial charge on any atom is 0.335 e. The minimum absolute atomic E-state index is 0.0362. The second-order valence-electron chi connectivity index (χ2n) is 4.88. The quantitative estimate of drug-likeness (QED) is 0.616. The van der Waals surface area contributed by atoms with Crippen LogP contribution in [0.5, 0.6) is 5.75 Å². The molecule has 0 spiro atoms. The number of likely N-dealkylation sites (tertiary alicyclic amines) is 1. The molecular weight excluding hydrogens is 262 g/mol. The summed E-state index contributed by atoms with van der Waals surface area (Å²) in [5.74, 6) is -1.41. The summed E-state index contributed by atoms with van der Waals surface area (Å²) in [6.07, 6.45) is 0.883. The monoisotopic (exact) mass is 279 g/mol. The third-order valence-corrected chi connectivity index (χ3v) is 3.22. The Morgan fingerprint density at radius 3 is 2.70 bits per heavy atom. The molecule has 1 unspecified atom stereocenters. The number of likely N-dealkylation sites (N-methyl/N-ethyl adjacent to an activating group) is 1. The lowest BCUT2D eigenvalue weighted by atomic mass is 10.2. The zero-order chi connectivity index (χ0) is 14.7. The molecule has 2 rings (SSSR count). The standard InChI is InChI=1S/C13H17N3O4/c1-16-5-4-9(7-16)14-13(20)15-10-3-2-8(12(18)19)6-11(10)17/h2-3,6,9,17H,4-5,7H2,1H3,(H,18,19)(H2,14,15,20). The maximum atomic E-state index is 11.8. The largest absolute Gasteiger partial charge is 0.506 e. The highest BCUT2D eigenvalue weighted by atomic mass is 16.4. The van der Waals surface area contributed by atoms with Gasteiger partial charge in [0, 0.05) is 12.6 Å². The van der Waals surface area contributed by atoms with Crippen molar-refractivity contribution in [3.05, 3.63) is 23.8 Å². The summed E-state index contributed by atoms with van der Waals surface area (Å²) in [7, 11) is 1.98. The van der Waals surface area contributed by atoms with Crippen molar-refractivity contribution in [1.82, 2.24) is 10.2 Å². The van der Waals surface area contributed by atoms with E-state index in [1.807, 2.05) is 7.05 Å². The van der Waals surface area contributed by atoms with E-state index < -0.39 is 12.0 Å². The molecule has 0 aromatic heterocycles. The molecule has 2 amide bonds. The number of aromatic carboxylic acids is 1. The van der Waals surface area contributed by atoms with Gasteiger partial charge in [-0.3, -0.25) is 0 Å². The second kappa shape index (κ2) is 5.79. The van der Waals surface area contributed by atoms with E-state index in [4.69, 9.17) is 5.11 Å². The highest BCUT2D eigenvalue weighted by molar-refractivity contribution is 5.93. The molecule has 1 saturated heterocycles. The molecule has 0 saturated carbocycles. The third-order valence-electron chi connectivity index (χ3n) is 3.22. The minimum atomic E-state index is -1.13. The van der Waals surface area contributed by atoms with Crippen molar-refractivity contribution < 1.29 is 19.8 Å². The number of aromatic hydroxyl groups is 1. The molecule has 0 aliphatic carbocycles. The molecule has 108 valence electrons. The SMILES string of the molecule is CN1CCC(NC(=O)Nc2ccc(C(=O)O)cc2O)C1. The van der Waals surface area contributed by atoms with Gasteiger partial charge in [-0.05, 0) is 38.2 Å². The smallest absolute Gasteiger partial charge is 0.335 e. The van der Waals surface area contributed by atoms with Gasteiger partial charge >= 0.3 is 12.0 Å². The molecule has 0 bridgehead atoms. The lowest BCUT2D eigenvalue weighted by molar-refractivity contribution is 0.0696. The van der Waals surface area contributed by atoms with Crippen LogP contribution in [0.25, 0.3) is 0 Å². The van der Waals surface area contributed by atoms with Gasteiger partial charge in [-0.2, -0.15) is 0 Å². The number of phenolic OH excluding ortho intramolecular Hbond substituents is 1. The number of carboxylic acids is 1. The van der Waals surface area contributed by atoms with Crippen LogP contribution in [0.3, 0.4) is 0 Å². The maximum absolute atomic E-state index is 11.8. The Labute approximate surface area is 116 Å². The van der Waals surface area contributed by atoms with Crippen molar-refractivity contribution in [2.24, 2.45) is 0 Å². The Balaban J connectivity index is 1.95. The molecule has 1 fully saturated rings. The highest BCUT2D eigenvalue weighted by Gasteiger charge is 2.21. The Hall–Kier alpha value is -2.28. The summed E-state index contributed by atoms with van der Waals surface area (Å²) in [6.45, 7) is 1.72. The van der Waals surface area contributed by atoms with Crippen molar-refractivity contribution in [1.29, 1.82) is 0 Å². The number of hydrogen-bond donors (Lipinski definition) is 4. The molecule has 0 radical (unpaired) electrons. The zero-order valence-electron chi connectivity index (χ0n) is 11.1. The minimum Gasteiger partial charge on any atom is -0.506 e. The van der Waals surface area contributed by atoms with E-state index in [-0.39, 0.29) is 23.0 Å². The molecule has 1 aromatic rings. The Kier molecular flexibility index (Phi) is 4.09. The van der Waals surface area contributed by atoms with Gasteiger partial charge in [-0.25, -0.2) is 9.59 Å². The molecule has 7 heteroatoms. The first kappa shape index (κ1) is 14.1. The number of carboxylic acid groups (broad SMARTS) is 1. The number of urea groups is 1. The van der Waals surface area contributed by atoms with E-state index in [1.165, 1.54) is 12.1 Å². The second-order valence-corrected chi connectivity index (χ2v) is 4.88. The van der Waals surface area contributed by atoms with E-state index in [0.29, 0.717) is 0 Å². The predicted molar refractivity (Wildman–Crippen MR) is 73.1 cm³/mol. The average molecular weight is 279 g/mol. The van der Waals surface area contributed by atoms with Crippen LogP contribution in [0, 0.1) is 0 Å². The number of carbonyl (C=O) groups excluding carboxylic acids is 1. The first-order valence-corrected chi connectivity index (χ1v) is 6.28. The number of benzene rings is 1. The van der Waals surface area contributed by atoms with Gasteiger partial charge < -0.3 is 25.7 Å². The fourth-order valence-electron chi connectivity index (χ4n) is 2.17. The topological polar surface area (TPSA) is 102 Å². The van der Waals surface area contributed by atoms with Crippen molar-refractivity contribution in [2.45, 2.75) is 12.5 Å². The van der Waals surface area contributed by atoms with E-state index in [2.05, 4.69) is 15.5 Å². The van der Waals surface area contributed by atoms with Crippen LogP contribution < -0.4 is 10.6 Å². The van der Waals surface area contributed by atoms with Crippen molar-refractivity contribution in [2.75, 3.05) is 25.5 Å². The molecule has 7 nitrogen and oxygen atoms in total. The van der Waals surface area contributed by atoms with E-state index in [0.717, 1.165) is 25.6 Å². The van der Waals surface area contributed by atoms with E-state index in [1.54, 1.807) is 0 Å². The highest BCUT2D eigenvalue weighted by Crippen LogP contribution is 2.24. The van der Waals surface area contributed by atoms with Gasteiger partial charge in [0.2, 0.25) is 0 Å². The molecular formula is C13H17N3O4. The summed E-state index contributed by atoms with van der Waals surface area (Å²) >= 11 is 0. The van der Waals surface area contributed by atoms with Crippen LogP contribution in [0.1, 0.15) is 16.8 Å². The number of hydrogen-bond acceptors (Lipinski definition) is 4. The number of nitrogens with one attached hydrogen (secondary N) is 2. The number of carbonyl (C=O) groups is 2. The van der Waals surface area contributed by atoms with Crippen LogP contribution in [-0.4, -0.2) is 53.3 Å². The Bertz CT molecular complexity index is 532. The molecule has 1 atom stereocenters. The van der Waals surface area contributed by atoms with Gasteiger partial charge in [-0.1, -0.05) is 0 Å². The van der Waals surface area contributed by atoms with Gasteiger partial charge in [0.15, 0.2) is 0 Å². The molecule has 20 heavy (non-hydrogen) atoms. The van der Waals surface area contributed by atoms with E-state index in [9.17, 15) is 14.7 Å². The van der Waals surface area contributed by atoms with Crippen molar-refractivity contribution in [3.8, 4) is 5.75 Å². The zero-order valence-corrected chi connectivity index (χ0v) is 11.1. The van der Waals surface area contributed by atoms with Gasteiger partial charge in [0.1, 0.15) is 5.75 Å². The summed E-state index contributed by atoms with van der Waals surface area (Å²) in [5.41, 5.74) is 0.143. The number of amides is 2. The first-order valence-electron chi connectivity index (χ1n) is 6.28. The van der Waals surface area contributed by atoms with Crippen LogP contribution in [0.15, 0.2) is 18.2 Å². The molecule has 4 N–H and O–H groups in total. The van der Waals surface area contributed by atoms with Crippen molar-refractivity contribution >= 4 is 17.7 Å². The lowest BCUT2D eigenvalue weighted by Crippen LogP contribution is -2.39. The lowest BCUT2D eigenvalue weighted by Gasteiger charge is -2.14. The number of anilines is 1. The van der Waals surface area contributed by atoms with Crippen LogP contribution >= 0.6 is 0 Å². The molecule has 1 aliphatic heterocycles. The normalized spacial score (nSPS) is 18.8. The van der Waals surface area contributed by atoms with Crippen LogP contribution in [0.2, 0.25) is 0 Å². The summed E-state index contributed by atoms with van der Waals surface area (Å²) in [6, 6.07) is 3.45. The Morgan fingerprint density at radius 1 is 1.40 bits per heavy atom. The first-order chi connectivity index (χ1) is 9.45. The van der Waals surface area contributed by atoms with Gasteiger partial charge in [-0.15, -0.1) is 0 Å². The van der Waals surface area contributed by atoms with Crippen molar-refractivity contribution in [3.63, 3.8) is 0 Å². The molecule has 1 aromatic carbocycles. The van der Waals surface area contributed by atoms with E-state index >= 15 is 0 Å². The van der Waals surface area contributed by atoms with Crippen LogP contribution in [0.4, 0.5) is 10.5 Å². The fourth-order valence-corrected chi connectivity index (χ4v) is 2.17. The number of phenols is 1. The number of rotatable bonds is 3. The molecule has 1 aliphatic rings. The summed E-state index contributed by atoms with van der Waals surface area (Å²) in [5, 5.41) is 23.8. The third kappa shape index (κ3) is 3.39. The molecule has 1 heterocycles. The van der Waals surface area contributed by atoms with Gasteiger partial charge in [0.05, 0.1) is 11.3 Å². The Morgan fingerprint density at radius 2 is 2.15 bits per heavy atom. The predicted octanol–water partition coefficient (Wildman–Crippen LogP) is 0.916.